The topological polar surface area (TPSA) is 55.3 Å². The van der Waals surface area contributed by atoms with Crippen molar-refractivity contribution in [2.24, 2.45) is 0 Å². The first-order chi connectivity index (χ1) is 10.2. The van der Waals surface area contributed by atoms with Crippen molar-refractivity contribution in [3.8, 4) is 10.6 Å². The van der Waals surface area contributed by atoms with Gasteiger partial charge in [0.25, 0.3) is 0 Å². The molecule has 0 radical (unpaired) electrons. The molecule has 0 aromatic carbocycles. The van der Waals surface area contributed by atoms with Crippen LogP contribution in [0.1, 0.15) is 24.2 Å². The summed E-state index contributed by atoms with van der Waals surface area (Å²) in [4.78, 5) is 22.3. The number of anilines is 1. The highest BCUT2D eigenvalue weighted by Crippen LogP contribution is 2.27. The summed E-state index contributed by atoms with van der Waals surface area (Å²) in [5.41, 5.74) is 1.48. The number of carbonyl (C=O) groups excluding carboxylic acids is 1. The first-order valence-electron chi connectivity index (χ1n) is 6.93. The van der Waals surface area contributed by atoms with Gasteiger partial charge in [-0.15, -0.1) is 11.3 Å². The van der Waals surface area contributed by atoms with Crippen molar-refractivity contribution in [1.82, 2.24) is 9.97 Å². The van der Waals surface area contributed by atoms with Crippen LogP contribution < -0.4 is 4.90 Å². The van der Waals surface area contributed by atoms with E-state index >= 15 is 0 Å². The van der Waals surface area contributed by atoms with Crippen LogP contribution in [0.25, 0.3) is 10.6 Å². The van der Waals surface area contributed by atoms with Crippen molar-refractivity contribution in [2.75, 3.05) is 18.0 Å². The highest BCUT2D eigenvalue weighted by Gasteiger charge is 2.25. The number of hydrogen-bond acceptors (Lipinski definition) is 6. The quantitative estimate of drug-likeness (QED) is 0.816. The molecule has 0 N–H and O–H groups in total. The fourth-order valence-electron chi connectivity index (χ4n) is 2.66. The van der Waals surface area contributed by atoms with Gasteiger partial charge in [-0.05, 0) is 19.9 Å². The third kappa shape index (κ3) is 2.96. The summed E-state index contributed by atoms with van der Waals surface area (Å²) < 4.78 is 5.73. The van der Waals surface area contributed by atoms with Gasteiger partial charge in [-0.1, -0.05) is 0 Å². The van der Waals surface area contributed by atoms with Crippen LogP contribution in [-0.2, 0) is 4.74 Å². The van der Waals surface area contributed by atoms with Crippen molar-refractivity contribution < 1.29 is 9.53 Å². The van der Waals surface area contributed by atoms with Crippen LogP contribution in [0, 0.1) is 0 Å². The van der Waals surface area contributed by atoms with Gasteiger partial charge in [0.05, 0.1) is 17.8 Å². The zero-order chi connectivity index (χ0) is 14.8. The lowest BCUT2D eigenvalue weighted by Crippen LogP contribution is -2.46. The van der Waals surface area contributed by atoms with E-state index in [-0.39, 0.29) is 12.2 Å². The molecule has 2 aromatic rings. The monoisotopic (exact) mass is 303 g/mol. The lowest BCUT2D eigenvalue weighted by Gasteiger charge is -2.36. The van der Waals surface area contributed by atoms with Crippen molar-refractivity contribution >= 4 is 23.4 Å². The minimum atomic E-state index is 0.133. The Hall–Kier alpha value is -1.79. The fraction of sp³-hybridized carbons (Fsp3) is 0.400. The second-order valence-electron chi connectivity index (χ2n) is 5.25. The van der Waals surface area contributed by atoms with E-state index in [1.54, 1.807) is 12.4 Å². The largest absolute Gasteiger partial charge is 0.372 e. The number of rotatable bonds is 3. The molecule has 6 heteroatoms. The maximum absolute atomic E-state index is 11.4. The van der Waals surface area contributed by atoms with Gasteiger partial charge in [-0.25, -0.2) is 9.97 Å². The predicted molar refractivity (Wildman–Crippen MR) is 83.0 cm³/mol. The molecule has 1 aliphatic rings. The Morgan fingerprint density at radius 1 is 1.33 bits per heavy atom. The first-order valence-corrected chi connectivity index (χ1v) is 7.81. The average Bonchev–Trinajstić information content (AvgIpc) is 2.99. The number of hydrogen-bond donors (Lipinski definition) is 0. The van der Waals surface area contributed by atoms with Crippen LogP contribution in [0.4, 0.5) is 5.82 Å². The van der Waals surface area contributed by atoms with E-state index in [4.69, 9.17) is 4.74 Å². The zero-order valence-electron chi connectivity index (χ0n) is 12.0. The maximum Gasteiger partial charge on any atom is 0.153 e. The molecule has 1 aliphatic heterocycles. The normalized spacial score (nSPS) is 22.3. The Morgan fingerprint density at radius 2 is 2.10 bits per heavy atom. The van der Waals surface area contributed by atoms with Crippen LogP contribution in [0.15, 0.2) is 23.8 Å². The Labute approximate surface area is 127 Å². The summed E-state index contributed by atoms with van der Waals surface area (Å²) in [7, 11) is 0. The van der Waals surface area contributed by atoms with Crippen LogP contribution >= 0.6 is 11.3 Å². The van der Waals surface area contributed by atoms with Gasteiger partial charge in [-0.3, -0.25) is 4.79 Å². The van der Waals surface area contributed by atoms with Crippen LogP contribution in [0.2, 0.25) is 0 Å². The lowest BCUT2D eigenvalue weighted by atomic mass is 10.1. The molecule has 0 unspecified atom stereocenters. The Bertz CT molecular complexity index is 620. The van der Waals surface area contributed by atoms with Crippen molar-refractivity contribution in [3.05, 3.63) is 29.4 Å². The maximum atomic E-state index is 11.4. The zero-order valence-corrected chi connectivity index (χ0v) is 12.8. The van der Waals surface area contributed by atoms with E-state index in [2.05, 4.69) is 14.9 Å². The summed E-state index contributed by atoms with van der Waals surface area (Å²) in [5, 5.41) is 2.79. The van der Waals surface area contributed by atoms with Crippen molar-refractivity contribution in [1.29, 1.82) is 0 Å². The molecule has 2 aromatic heterocycles. The first kappa shape index (κ1) is 14.2. The second-order valence-corrected chi connectivity index (χ2v) is 6.15. The van der Waals surface area contributed by atoms with Crippen LogP contribution in [0.5, 0.6) is 0 Å². The molecule has 2 atom stereocenters. The van der Waals surface area contributed by atoms with Gasteiger partial charge in [0.15, 0.2) is 6.29 Å². The van der Waals surface area contributed by atoms with Gasteiger partial charge in [-0.2, -0.15) is 0 Å². The summed E-state index contributed by atoms with van der Waals surface area (Å²) in [6.45, 7) is 5.56. The van der Waals surface area contributed by atoms with E-state index < -0.39 is 0 Å². The average molecular weight is 303 g/mol. The van der Waals surface area contributed by atoms with E-state index in [1.807, 2.05) is 25.3 Å². The van der Waals surface area contributed by atoms with E-state index in [9.17, 15) is 4.79 Å². The molecule has 1 saturated heterocycles. The van der Waals surface area contributed by atoms with Gasteiger partial charge < -0.3 is 9.64 Å². The number of morpholine rings is 1. The molecule has 1 fully saturated rings. The molecule has 0 aliphatic carbocycles. The summed E-state index contributed by atoms with van der Waals surface area (Å²) >= 11 is 1.54. The molecular formula is C15H17N3O2S. The van der Waals surface area contributed by atoms with E-state index in [1.165, 1.54) is 11.3 Å². The van der Waals surface area contributed by atoms with Crippen LogP contribution in [0.3, 0.4) is 0 Å². The van der Waals surface area contributed by atoms with Gasteiger partial charge in [0.1, 0.15) is 10.8 Å². The van der Waals surface area contributed by atoms with E-state index in [0.29, 0.717) is 5.56 Å². The van der Waals surface area contributed by atoms with Crippen molar-refractivity contribution in [3.63, 3.8) is 0 Å². The smallest absolute Gasteiger partial charge is 0.153 e. The number of ether oxygens (including phenoxy) is 1. The SMILES string of the molecule is C[C@@H]1CN(c2ncc(-c3nccs3)cc2C=O)C[C@H](C)O1. The summed E-state index contributed by atoms with van der Waals surface area (Å²) in [5.74, 6) is 0.729. The number of nitrogens with zero attached hydrogens (tertiary/aromatic N) is 3. The number of aldehydes is 1. The minimum absolute atomic E-state index is 0.133. The summed E-state index contributed by atoms with van der Waals surface area (Å²) in [6.07, 6.45) is 4.66. The van der Waals surface area contributed by atoms with E-state index in [0.717, 1.165) is 35.8 Å². The standard InChI is InChI=1S/C15H17N3O2S/c1-10-7-18(8-11(2)20-10)14-13(9-19)5-12(6-17-14)15-16-3-4-21-15/h3-6,9-11H,7-8H2,1-2H3/t10-,11+. The molecule has 0 spiro atoms. The molecule has 0 amide bonds. The molecule has 0 bridgehead atoms. The fourth-order valence-corrected chi connectivity index (χ4v) is 3.28. The molecule has 21 heavy (non-hydrogen) atoms. The summed E-state index contributed by atoms with van der Waals surface area (Å²) in [6, 6.07) is 1.86. The lowest BCUT2D eigenvalue weighted by molar-refractivity contribution is -0.00549. The molecule has 110 valence electrons. The number of thiazole rings is 1. The highest BCUT2D eigenvalue weighted by molar-refractivity contribution is 7.13. The van der Waals surface area contributed by atoms with Gasteiger partial charge in [0.2, 0.25) is 0 Å². The molecule has 3 rings (SSSR count). The molecule has 5 nitrogen and oxygen atoms in total. The molecular weight excluding hydrogens is 286 g/mol. The molecule has 3 heterocycles. The molecule has 0 saturated carbocycles. The van der Waals surface area contributed by atoms with Crippen LogP contribution in [-0.4, -0.2) is 41.6 Å². The van der Waals surface area contributed by atoms with Gasteiger partial charge in [0, 0.05) is 36.4 Å². The number of aromatic nitrogens is 2. The third-order valence-electron chi connectivity index (χ3n) is 3.42. The third-order valence-corrected chi connectivity index (χ3v) is 4.24. The number of pyridine rings is 1. The predicted octanol–water partition coefficient (Wildman–Crippen LogP) is 2.63. The highest BCUT2D eigenvalue weighted by atomic mass is 32.1. The minimum Gasteiger partial charge on any atom is -0.372 e. The Morgan fingerprint density at radius 3 is 2.71 bits per heavy atom. The van der Waals surface area contributed by atoms with Crippen molar-refractivity contribution in [2.45, 2.75) is 26.1 Å². The van der Waals surface area contributed by atoms with Gasteiger partial charge >= 0.3 is 0 Å². The second kappa shape index (κ2) is 5.91. The Balaban J connectivity index is 1.94. The number of carbonyl (C=O) groups is 1. The Kier molecular flexibility index (Phi) is 3.98.